The molecule has 3 aliphatic heterocycles. The number of hydrogen-bond acceptors (Lipinski definition) is 9. The molecule has 3 saturated heterocycles. The van der Waals surface area contributed by atoms with Crippen LogP contribution in [0.2, 0.25) is 5.02 Å². The van der Waals surface area contributed by atoms with Gasteiger partial charge in [-0.1, -0.05) is 18.5 Å². The summed E-state index contributed by atoms with van der Waals surface area (Å²) in [5.74, 6) is 0.536. The van der Waals surface area contributed by atoms with Crippen molar-refractivity contribution < 1.29 is 33.2 Å². The Morgan fingerprint density at radius 3 is 2.84 bits per heavy atom. The zero-order valence-electron chi connectivity index (χ0n) is 20.9. The maximum Gasteiger partial charge on any atom is 0.296 e. The van der Waals surface area contributed by atoms with Gasteiger partial charge in [0.2, 0.25) is 0 Å². The largest absolute Gasteiger partial charge is 0.488 e. The third-order valence-electron chi connectivity index (χ3n) is 7.15. The molecule has 1 aromatic carbocycles. The van der Waals surface area contributed by atoms with Crippen molar-refractivity contribution in [2.45, 2.75) is 63.3 Å². The fourth-order valence-corrected chi connectivity index (χ4v) is 5.40. The number of aromatic nitrogens is 3. The lowest BCUT2D eigenvalue weighted by Crippen LogP contribution is -2.34. The molecular weight excluding hydrogens is 519 g/mol. The van der Waals surface area contributed by atoms with Crippen LogP contribution in [-0.2, 0) is 27.2 Å². The second kappa shape index (κ2) is 10.8. The van der Waals surface area contributed by atoms with Crippen LogP contribution in [0.1, 0.15) is 30.9 Å². The second-order valence-electron chi connectivity index (χ2n) is 9.76. The number of imidazole rings is 1. The molecule has 204 valence electrons. The molecule has 5 heterocycles. The van der Waals surface area contributed by atoms with E-state index in [9.17, 15) is 5.11 Å². The van der Waals surface area contributed by atoms with Gasteiger partial charge in [0.15, 0.2) is 11.8 Å². The van der Waals surface area contributed by atoms with Crippen molar-refractivity contribution >= 4 is 28.6 Å². The first kappa shape index (κ1) is 25.6. The number of aromatic amines is 1. The van der Waals surface area contributed by atoms with Crippen LogP contribution in [0.3, 0.4) is 0 Å². The van der Waals surface area contributed by atoms with E-state index >= 15 is 4.39 Å². The van der Waals surface area contributed by atoms with E-state index in [1.807, 2.05) is 13.0 Å². The quantitative estimate of drug-likeness (QED) is 0.389. The van der Waals surface area contributed by atoms with Crippen LogP contribution < -0.4 is 14.8 Å². The van der Waals surface area contributed by atoms with Crippen LogP contribution in [0.5, 0.6) is 11.8 Å². The van der Waals surface area contributed by atoms with Crippen LogP contribution in [-0.4, -0.2) is 77.0 Å². The summed E-state index contributed by atoms with van der Waals surface area (Å²) in [4.78, 5) is 12.0. The highest BCUT2D eigenvalue weighted by atomic mass is 35.5. The number of hydrogen-bond donors (Lipinski definition) is 3. The molecule has 3 N–H and O–H groups in total. The minimum absolute atomic E-state index is 0.0609. The first-order valence-electron chi connectivity index (χ1n) is 12.9. The van der Waals surface area contributed by atoms with E-state index in [0.29, 0.717) is 46.3 Å². The maximum absolute atomic E-state index is 15.1. The molecule has 0 spiro atoms. The summed E-state index contributed by atoms with van der Waals surface area (Å²) >= 11 is 6.48. The summed E-state index contributed by atoms with van der Waals surface area (Å²) in [5.41, 5.74) is 2.35. The van der Waals surface area contributed by atoms with Crippen LogP contribution in [0, 0.1) is 5.82 Å². The molecule has 5 atom stereocenters. The lowest BCUT2D eigenvalue weighted by Gasteiger charge is -2.24. The highest BCUT2D eigenvalue weighted by Crippen LogP contribution is 2.31. The minimum atomic E-state index is -0.661. The number of pyridine rings is 1. The van der Waals surface area contributed by atoms with Gasteiger partial charge in [-0.3, -0.25) is 0 Å². The Morgan fingerprint density at radius 1 is 1.16 bits per heavy atom. The number of aryl methyl sites for hydroxylation is 1. The van der Waals surface area contributed by atoms with Gasteiger partial charge in [0.25, 0.3) is 6.01 Å². The van der Waals surface area contributed by atoms with Crippen LogP contribution in [0.15, 0.2) is 18.2 Å². The van der Waals surface area contributed by atoms with E-state index < -0.39 is 18.3 Å². The molecule has 0 amide bonds. The molecule has 10 nitrogen and oxygen atoms in total. The second-order valence-corrected chi connectivity index (χ2v) is 10.2. The molecule has 3 fully saturated rings. The van der Waals surface area contributed by atoms with Crippen molar-refractivity contribution in [2.24, 2.45) is 0 Å². The Hall–Kier alpha value is -2.70. The third kappa shape index (κ3) is 5.13. The molecular formula is C26H30ClFN4O6. The summed E-state index contributed by atoms with van der Waals surface area (Å²) in [7, 11) is 0. The van der Waals surface area contributed by atoms with Crippen LogP contribution in [0.4, 0.5) is 10.2 Å². The average Bonchev–Trinajstić information content (AvgIpc) is 3.60. The normalized spacial score (nSPS) is 27.0. The molecule has 0 aliphatic carbocycles. The summed E-state index contributed by atoms with van der Waals surface area (Å²) in [6, 6.07) is 5.24. The lowest BCUT2D eigenvalue weighted by molar-refractivity contribution is 0.00706. The van der Waals surface area contributed by atoms with Gasteiger partial charge < -0.3 is 39.1 Å². The topological polar surface area (TPSA) is 120 Å². The SMILES string of the molecule is CCc1cc(OC2CCCOC2)cc(F)c1CNc1nc2nc(O[C@@H]3CO[C@H]4[C@@H]3OC[C@H]4O)[nH]c2cc1Cl. The number of aliphatic hydroxyl groups excluding tert-OH is 1. The van der Waals surface area contributed by atoms with Crippen molar-refractivity contribution in [1.29, 1.82) is 0 Å². The van der Waals surface area contributed by atoms with Gasteiger partial charge in [0.1, 0.15) is 41.8 Å². The molecule has 0 bridgehead atoms. The molecule has 1 unspecified atom stereocenters. The lowest BCUT2D eigenvalue weighted by atomic mass is 10.0. The molecule has 3 aliphatic rings. The summed E-state index contributed by atoms with van der Waals surface area (Å²) in [5, 5.41) is 13.4. The van der Waals surface area contributed by atoms with Gasteiger partial charge in [0.05, 0.1) is 30.4 Å². The van der Waals surface area contributed by atoms with E-state index in [1.165, 1.54) is 6.07 Å². The number of H-pyrrole nitrogens is 1. The zero-order valence-corrected chi connectivity index (χ0v) is 21.7. The summed E-state index contributed by atoms with van der Waals surface area (Å²) in [6.07, 6.45) is 0.586. The zero-order chi connectivity index (χ0) is 26.2. The van der Waals surface area contributed by atoms with Gasteiger partial charge in [-0.05, 0) is 37.0 Å². The first-order chi connectivity index (χ1) is 18.5. The Balaban J connectivity index is 1.15. The van der Waals surface area contributed by atoms with Gasteiger partial charge in [0, 0.05) is 24.8 Å². The third-order valence-corrected chi connectivity index (χ3v) is 7.43. The van der Waals surface area contributed by atoms with Gasteiger partial charge >= 0.3 is 0 Å². The molecule has 12 heteroatoms. The Kier molecular flexibility index (Phi) is 7.28. The smallest absolute Gasteiger partial charge is 0.296 e. The molecule has 2 aromatic heterocycles. The minimum Gasteiger partial charge on any atom is -0.488 e. The molecule has 0 radical (unpaired) electrons. The first-order valence-corrected chi connectivity index (χ1v) is 13.3. The van der Waals surface area contributed by atoms with Crippen molar-refractivity contribution in [3.8, 4) is 11.8 Å². The number of nitrogens with zero attached hydrogens (tertiary/aromatic N) is 2. The number of nitrogens with one attached hydrogen (secondary N) is 2. The Morgan fingerprint density at radius 2 is 2.03 bits per heavy atom. The van der Waals surface area contributed by atoms with E-state index in [4.69, 9.17) is 35.3 Å². The molecule has 6 rings (SSSR count). The number of aliphatic hydroxyl groups is 1. The molecule has 3 aromatic rings. The highest BCUT2D eigenvalue weighted by Gasteiger charge is 2.48. The van der Waals surface area contributed by atoms with E-state index in [-0.39, 0.29) is 43.8 Å². The predicted molar refractivity (Wildman–Crippen MR) is 136 cm³/mol. The Labute approximate surface area is 223 Å². The fourth-order valence-electron chi connectivity index (χ4n) is 5.18. The summed E-state index contributed by atoms with van der Waals surface area (Å²) in [6.45, 7) is 3.93. The molecule has 38 heavy (non-hydrogen) atoms. The Bertz CT molecular complexity index is 1300. The highest BCUT2D eigenvalue weighted by molar-refractivity contribution is 6.33. The standard InChI is InChI=1S/C26H30ClFN4O6/c1-2-13-6-15(37-14-4-3-5-34-10-14)7-18(28)16(13)9-29-24-17(27)8-19-25(31-24)32-26(30-19)38-21-12-36-22-20(33)11-35-23(21)22/h6-8,14,20-23,33H,2-5,9-12H2,1H3,(H2,29,30,31,32)/t14?,20-,21-,22-,23-/m1/s1. The van der Waals surface area contributed by atoms with Gasteiger partial charge in [-0.2, -0.15) is 4.98 Å². The van der Waals surface area contributed by atoms with E-state index in [0.717, 1.165) is 25.0 Å². The fraction of sp³-hybridized carbons (Fsp3) is 0.538. The number of ether oxygens (including phenoxy) is 5. The van der Waals surface area contributed by atoms with Gasteiger partial charge in [-0.15, -0.1) is 0 Å². The van der Waals surface area contributed by atoms with Crippen molar-refractivity contribution in [3.63, 3.8) is 0 Å². The number of fused-ring (bicyclic) bond motifs is 2. The van der Waals surface area contributed by atoms with Crippen LogP contribution >= 0.6 is 11.6 Å². The van der Waals surface area contributed by atoms with Crippen molar-refractivity contribution in [1.82, 2.24) is 15.0 Å². The predicted octanol–water partition coefficient (Wildman–Crippen LogP) is 3.39. The molecule has 0 saturated carbocycles. The number of rotatable bonds is 8. The maximum atomic E-state index is 15.1. The van der Waals surface area contributed by atoms with Gasteiger partial charge in [-0.25, -0.2) is 9.37 Å². The average molecular weight is 549 g/mol. The number of halogens is 2. The van der Waals surface area contributed by atoms with E-state index in [2.05, 4.69) is 20.3 Å². The van der Waals surface area contributed by atoms with Crippen LogP contribution in [0.25, 0.3) is 11.2 Å². The number of benzene rings is 1. The monoisotopic (exact) mass is 548 g/mol. The number of anilines is 1. The van der Waals surface area contributed by atoms with E-state index in [1.54, 1.807) is 6.07 Å². The van der Waals surface area contributed by atoms with Crippen molar-refractivity contribution in [3.05, 3.63) is 40.2 Å². The van der Waals surface area contributed by atoms with Crippen molar-refractivity contribution in [2.75, 3.05) is 31.7 Å². The summed E-state index contributed by atoms with van der Waals surface area (Å²) < 4.78 is 43.7.